The van der Waals surface area contributed by atoms with E-state index in [0.29, 0.717) is 5.92 Å². The second-order valence-electron chi connectivity index (χ2n) is 4.01. The largest absolute Gasteiger partial charge is 0.453 e. The second-order valence-corrected chi connectivity index (χ2v) is 4.01. The van der Waals surface area contributed by atoms with E-state index >= 15 is 0 Å². The summed E-state index contributed by atoms with van der Waals surface area (Å²) >= 11 is 0. The Kier molecular flexibility index (Phi) is 4.20. The van der Waals surface area contributed by atoms with E-state index in [1.165, 1.54) is 7.11 Å². The van der Waals surface area contributed by atoms with Crippen LogP contribution in [-0.2, 0) is 4.74 Å². The van der Waals surface area contributed by atoms with Crippen LogP contribution in [0.2, 0.25) is 0 Å². The highest BCUT2D eigenvalue weighted by Crippen LogP contribution is 2.19. The number of ether oxygens (including phenoxy) is 1. The lowest BCUT2D eigenvalue weighted by Crippen LogP contribution is -2.32. The van der Waals surface area contributed by atoms with Gasteiger partial charge in [0.1, 0.15) is 0 Å². The van der Waals surface area contributed by atoms with Crippen LogP contribution >= 0.6 is 0 Å². The second kappa shape index (κ2) is 5.20. The van der Waals surface area contributed by atoms with Gasteiger partial charge in [0.15, 0.2) is 0 Å². The molecule has 0 aromatic heterocycles. The van der Waals surface area contributed by atoms with Crippen molar-refractivity contribution in [2.75, 3.05) is 20.2 Å². The molecule has 0 saturated carbocycles. The third-order valence-electron chi connectivity index (χ3n) is 2.95. The Bertz CT molecular complexity index is 195. The Hall–Kier alpha value is -0.770. The normalized spacial score (nSPS) is 25.4. The first-order valence-corrected chi connectivity index (χ1v) is 5.23. The molecule has 14 heavy (non-hydrogen) atoms. The molecule has 1 amide bonds. The van der Waals surface area contributed by atoms with Crippen LogP contribution in [0.15, 0.2) is 0 Å². The summed E-state index contributed by atoms with van der Waals surface area (Å²) in [5, 5.41) is 0. The monoisotopic (exact) mass is 200 g/mol. The van der Waals surface area contributed by atoms with Gasteiger partial charge in [-0.05, 0) is 32.1 Å². The molecule has 1 aliphatic heterocycles. The van der Waals surface area contributed by atoms with Crippen molar-refractivity contribution in [3.63, 3.8) is 0 Å². The van der Waals surface area contributed by atoms with Crippen LogP contribution in [0.3, 0.4) is 0 Å². The number of amides is 1. The minimum atomic E-state index is -0.213. The van der Waals surface area contributed by atoms with Crippen molar-refractivity contribution in [2.24, 2.45) is 11.7 Å². The zero-order valence-corrected chi connectivity index (χ0v) is 9.03. The molecule has 0 radical (unpaired) electrons. The number of likely N-dealkylation sites (tertiary alicyclic amines) is 1. The molecule has 1 fully saturated rings. The number of hydrogen-bond acceptors (Lipinski definition) is 3. The number of nitrogens with zero attached hydrogens (tertiary/aromatic N) is 1. The van der Waals surface area contributed by atoms with Crippen LogP contribution in [0.4, 0.5) is 4.79 Å². The van der Waals surface area contributed by atoms with Crippen molar-refractivity contribution < 1.29 is 9.53 Å². The third-order valence-corrected chi connectivity index (χ3v) is 2.95. The van der Waals surface area contributed by atoms with Gasteiger partial charge in [-0.3, -0.25) is 0 Å². The summed E-state index contributed by atoms with van der Waals surface area (Å²) in [6.45, 7) is 3.62. The molecule has 82 valence electrons. The van der Waals surface area contributed by atoms with E-state index in [9.17, 15) is 4.79 Å². The Morgan fingerprint density at radius 3 is 2.79 bits per heavy atom. The van der Waals surface area contributed by atoms with Gasteiger partial charge in [0, 0.05) is 19.1 Å². The smallest absolute Gasteiger partial charge is 0.409 e. The van der Waals surface area contributed by atoms with Crippen molar-refractivity contribution >= 4 is 6.09 Å². The lowest BCUT2D eigenvalue weighted by Gasteiger charge is -2.20. The standard InChI is InChI=1S/C10H20N2O2/c1-8(11)9-4-3-6-12(7-5-9)10(13)14-2/h8-9H,3-7,11H2,1-2H3. The van der Waals surface area contributed by atoms with Crippen molar-refractivity contribution in [3.8, 4) is 0 Å². The molecule has 0 aromatic rings. The SMILES string of the molecule is COC(=O)N1CCCC(C(C)N)CC1. The first-order valence-electron chi connectivity index (χ1n) is 5.23. The summed E-state index contributed by atoms with van der Waals surface area (Å²) in [4.78, 5) is 13.0. The van der Waals surface area contributed by atoms with E-state index in [4.69, 9.17) is 10.5 Å². The maximum Gasteiger partial charge on any atom is 0.409 e. The quantitative estimate of drug-likeness (QED) is 0.692. The summed E-state index contributed by atoms with van der Waals surface area (Å²) in [5.74, 6) is 0.546. The van der Waals surface area contributed by atoms with Crippen LogP contribution in [-0.4, -0.2) is 37.2 Å². The van der Waals surface area contributed by atoms with Gasteiger partial charge in [-0.15, -0.1) is 0 Å². The van der Waals surface area contributed by atoms with Crippen LogP contribution < -0.4 is 5.73 Å². The number of nitrogens with two attached hydrogens (primary N) is 1. The first kappa shape index (κ1) is 11.3. The number of carbonyl (C=O) groups excluding carboxylic acids is 1. The molecule has 4 heteroatoms. The Morgan fingerprint density at radius 2 is 2.21 bits per heavy atom. The number of rotatable bonds is 1. The predicted molar refractivity (Wildman–Crippen MR) is 55.0 cm³/mol. The summed E-state index contributed by atoms with van der Waals surface area (Å²) in [5.41, 5.74) is 5.86. The lowest BCUT2D eigenvalue weighted by atomic mass is 9.94. The topological polar surface area (TPSA) is 55.6 Å². The molecule has 2 N–H and O–H groups in total. The van der Waals surface area contributed by atoms with E-state index in [0.717, 1.165) is 32.4 Å². The van der Waals surface area contributed by atoms with Crippen molar-refractivity contribution in [2.45, 2.75) is 32.2 Å². The van der Waals surface area contributed by atoms with Crippen LogP contribution in [0, 0.1) is 5.92 Å². The van der Waals surface area contributed by atoms with E-state index in [-0.39, 0.29) is 12.1 Å². The highest BCUT2D eigenvalue weighted by atomic mass is 16.5. The van der Waals surface area contributed by atoms with Crippen LogP contribution in [0.5, 0.6) is 0 Å². The average molecular weight is 200 g/mol. The van der Waals surface area contributed by atoms with Gasteiger partial charge in [-0.2, -0.15) is 0 Å². The minimum Gasteiger partial charge on any atom is -0.453 e. The first-order chi connectivity index (χ1) is 6.65. The number of hydrogen-bond donors (Lipinski definition) is 1. The number of methoxy groups -OCH3 is 1. The summed E-state index contributed by atoms with van der Waals surface area (Å²) < 4.78 is 4.70. The maximum atomic E-state index is 11.3. The molecule has 0 aliphatic carbocycles. The third kappa shape index (κ3) is 2.87. The fourth-order valence-corrected chi connectivity index (χ4v) is 1.96. The van der Waals surface area contributed by atoms with Gasteiger partial charge in [0.05, 0.1) is 7.11 Å². The fraction of sp³-hybridized carbons (Fsp3) is 0.900. The van der Waals surface area contributed by atoms with Crippen molar-refractivity contribution in [1.29, 1.82) is 0 Å². The zero-order valence-electron chi connectivity index (χ0n) is 9.03. The summed E-state index contributed by atoms with van der Waals surface area (Å²) in [7, 11) is 1.43. The minimum absolute atomic E-state index is 0.213. The molecule has 1 heterocycles. The Balaban J connectivity index is 2.44. The maximum absolute atomic E-state index is 11.3. The van der Waals surface area contributed by atoms with E-state index in [2.05, 4.69) is 0 Å². The lowest BCUT2D eigenvalue weighted by molar-refractivity contribution is 0.124. The molecule has 4 nitrogen and oxygen atoms in total. The average Bonchev–Trinajstić information content (AvgIpc) is 2.41. The molecule has 2 unspecified atom stereocenters. The van der Waals surface area contributed by atoms with E-state index < -0.39 is 0 Å². The van der Waals surface area contributed by atoms with Crippen LogP contribution in [0.1, 0.15) is 26.2 Å². The summed E-state index contributed by atoms with van der Waals surface area (Å²) in [6.07, 6.45) is 2.93. The van der Waals surface area contributed by atoms with Gasteiger partial charge >= 0.3 is 6.09 Å². The zero-order chi connectivity index (χ0) is 10.6. The van der Waals surface area contributed by atoms with Gasteiger partial charge in [-0.25, -0.2) is 4.79 Å². The predicted octanol–water partition coefficient (Wildman–Crippen LogP) is 1.20. The molecule has 1 aliphatic rings. The van der Waals surface area contributed by atoms with Crippen molar-refractivity contribution in [1.82, 2.24) is 4.90 Å². The summed E-state index contributed by atoms with van der Waals surface area (Å²) in [6, 6.07) is 0.229. The molecule has 0 spiro atoms. The molecule has 1 saturated heterocycles. The van der Waals surface area contributed by atoms with E-state index in [1.807, 2.05) is 6.92 Å². The Labute approximate surface area is 85.4 Å². The molecule has 0 bridgehead atoms. The molecule has 0 aromatic carbocycles. The van der Waals surface area contributed by atoms with Gasteiger partial charge in [0.2, 0.25) is 0 Å². The van der Waals surface area contributed by atoms with Gasteiger partial charge < -0.3 is 15.4 Å². The number of carbonyl (C=O) groups is 1. The highest BCUT2D eigenvalue weighted by molar-refractivity contribution is 5.67. The molecular weight excluding hydrogens is 180 g/mol. The highest BCUT2D eigenvalue weighted by Gasteiger charge is 2.22. The molecular formula is C10H20N2O2. The Morgan fingerprint density at radius 1 is 1.50 bits per heavy atom. The van der Waals surface area contributed by atoms with Crippen molar-refractivity contribution in [3.05, 3.63) is 0 Å². The van der Waals surface area contributed by atoms with Crippen LogP contribution in [0.25, 0.3) is 0 Å². The van der Waals surface area contributed by atoms with E-state index in [1.54, 1.807) is 4.90 Å². The fourth-order valence-electron chi connectivity index (χ4n) is 1.96. The molecule has 1 rings (SSSR count). The van der Waals surface area contributed by atoms with Gasteiger partial charge in [0.25, 0.3) is 0 Å². The van der Waals surface area contributed by atoms with Gasteiger partial charge in [-0.1, -0.05) is 0 Å². The molecule has 2 atom stereocenters.